The molecule has 1 unspecified atom stereocenters. The third kappa shape index (κ3) is 3.82. The second-order valence-corrected chi connectivity index (χ2v) is 7.47. The van der Waals surface area contributed by atoms with Crippen molar-refractivity contribution in [1.29, 1.82) is 10.5 Å². The Kier molecular flexibility index (Phi) is 6.62. The number of esters is 2. The number of nitrogens with two attached hydrogens (primary N) is 1. The summed E-state index contributed by atoms with van der Waals surface area (Å²) in [5.74, 6) is -2.69. The van der Waals surface area contributed by atoms with Crippen LogP contribution in [0.5, 0.6) is 0 Å². The SMILES string of the molecule is COC(=O)C1=C(C(=O)OC)N(c2ccc(Br)c(C#N)c2)C(N)=C(C#N)C1c1ccccc1. The lowest BCUT2D eigenvalue weighted by Crippen LogP contribution is -2.40. The Labute approximate surface area is 192 Å². The molecule has 32 heavy (non-hydrogen) atoms. The molecule has 1 aliphatic heterocycles. The molecule has 2 aromatic carbocycles. The van der Waals surface area contributed by atoms with Crippen molar-refractivity contribution in [2.45, 2.75) is 5.92 Å². The van der Waals surface area contributed by atoms with Crippen LogP contribution in [0.4, 0.5) is 5.69 Å². The highest BCUT2D eigenvalue weighted by atomic mass is 79.9. The maximum absolute atomic E-state index is 13.0. The molecule has 0 bridgehead atoms. The van der Waals surface area contributed by atoms with Crippen LogP contribution < -0.4 is 10.6 Å². The topological polar surface area (TPSA) is 129 Å². The maximum atomic E-state index is 13.0. The first-order chi connectivity index (χ1) is 15.4. The zero-order chi connectivity index (χ0) is 23.4. The van der Waals surface area contributed by atoms with Crippen molar-refractivity contribution >= 4 is 33.6 Å². The molecule has 8 nitrogen and oxygen atoms in total. The molecule has 0 saturated carbocycles. The monoisotopic (exact) mass is 492 g/mol. The van der Waals surface area contributed by atoms with E-state index in [-0.39, 0.29) is 28.2 Å². The highest BCUT2D eigenvalue weighted by Crippen LogP contribution is 2.43. The lowest BCUT2D eigenvalue weighted by atomic mass is 9.81. The van der Waals surface area contributed by atoms with Crippen LogP contribution in [0.1, 0.15) is 17.0 Å². The summed E-state index contributed by atoms with van der Waals surface area (Å²) >= 11 is 3.29. The number of hydrogen-bond donors (Lipinski definition) is 1. The van der Waals surface area contributed by atoms with E-state index in [1.165, 1.54) is 25.2 Å². The summed E-state index contributed by atoms with van der Waals surface area (Å²) in [7, 11) is 2.35. The Morgan fingerprint density at radius 2 is 1.69 bits per heavy atom. The van der Waals surface area contributed by atoms with Crippen molar-refractivity contribution < 1.29 is 19.1 Å². The Morgan fingerprint density at radius 1 is 1.03 bits per heavy atom. The van der Waals surface area contributed by atoms with Crippen LogP contribution in [-0.4, -0.2) is 26.2 Å². The third-order valence-corrected chi connectivity index (χ3v) is 5.63. The minimum atomic E-state index is -0.954. The number of carbonyl (C=O) groups is 2. The second kappa shape index (κ2) is 9.38. The molecule has 2 N–H and O–H groups in total. The molecule has 9 heteroatoms. The molecule has 0 aromatic heterocycles. The van der Waals surface area contributed by atoms with Crippen molar-refractivity contribution in [2.75, 3.05) is 19.1 Å². The minimum absolute atomic E-state index is 0.0469. The van der Waals surface area contributed by atoms with Gasteiger partial charge in [-0.05, 0) is 39.7 Å². The van der Waals surface area contributed by atoms with Gasteiger partial charge in [0.05, 0.1) is 42.9 Å². The van der Waals surface area contributed by atoms with Gasteiger partial charge in [-0.3, -0.25) is 4.90 Å². The van der Waals surface area contributed by atoms with E-state index in [0.717, 1.165) is 0 Å². The minimum Gasteiger partial charge on any atom is -0.466 e. The largest absolute Gasteiger partial charge is 0.466 e. The molecule has 0 spiro atoms. The number of anilines is 1. The molecule has 3 rings (SSSR count). The van der Waals surface area contributed by atoms with Crippen molar-refractivity contribution in [1.82, 2.24) is 0 Å². The van der Waals surface area contributed by atoms with Crippen LogP contribution in [0.25, 0.3) is 0 Å². The van der Waals surface area contributed by atoms with E-state index < -0.39 is 17.9 Å². The van der Waals surface area contributed by atoms with Crippen LogP contribution in [0.3, 0.4) is 0 Å². The van der Waals surface area contributed by atoms with Gasteiger partial charge in [0.25, 0.3) is 0 Å². The van der Waals surface area contributed by atoms with Crippen molar-refractivity contribution in [2.24, 2.45) is 5.73 Å². The standard InChI is InChI=1S/C23H17BrN4O4/c1-31-22(29)19-18(13-6-4-3-5-7-13)16(12-26)21(27)28(20(19)23(30)32-2)15-8-9-17(24)14(10-15)11-25/h3-10,18H,27H2,1-2H3. The fourth-order valence-corrected chi connectivity index (χ4v) is 3.85. The number of nitriles is 2. The van der Waals surface area contributed by atoms with Crippen LogP contribution >= 0.6 is 15.9 Å². The Bertz CT molecular complexity index is 1240. The predicted molar refractivity (Wildman–Crippen MR) is 118 cm³/mol. The fraction of sp³-hybridized carbons (Fsp3) is 0.130. The van der Waals surface area contributed by atoms with Gasteiger partial charge in [0.15, 0.2) is 0 Å². The molecule has 0 amide bonds. The number of allylic oxidation sites excluding steroid dienone is 1. The van der Waals surface area contributed by atoms with E-state index >= 15 is 0 Å². The fourth-order valence-electron chi connectivity index (χ4n) is 3.52. The predicted octanol–water partition coefficient (Wildman–Crippen LogP) is 3.22. The van der Waals surface area contributed by atoms with Gasteiger partial charge in [0.1, 0.15) is 17.6 Å². The van der Waals surface area contributed by atoms with Crippen molar-refractivity contribution in [3.05, 3.63) is 86.8 Å². The Morgan fingerprint density at radius 3 is 2.25 bits per heavy atom. The molecule has 1 heterocycles. The van der Waals surface area contributed by atoms with Crippen molar-refractivity contribution in [3.8, 4) is 12.1 Å². The summed E-state index contributed by atoms with van der Waals surface area (Å²) in [6.45, 7) is 0. The van der Waals surface area contributed by atoms with E-state index in [0.29, 0.717) is 15.7 Å². The first kappa shape index (κ1) is 22.6. The number of nitrogens with zero attached hydrogens (tertiary/aromatic N) is 3. The van der Waals surface area contributed by atoms with E-state index in [1.54, 1.807) is 42.5 Å². The van der Waals surface area contributed by atoms with Gasteiger partial charge in [-0.15, -0.1) is 0 Å². The van der Waals surface area contributed by atoms with Crippen LogP contribution in [0.15, 0.2) is 75.7 Å². The zero-order valence-corrected chi connectivity index (χ0v) is 18.7. The molecule has 1 atom stereocenters. The highest BCUT2D eigenvalue weighted by Gasteiger charge is 2.43. The molecular weight excluding hydrogens is 476 g/mol. The molecule has 0 fully saturated rings. The average Bonchev–Trinajstić information content (AvgIpc) is 2.83. The lowest BCUT2D eigenvalue weighted by molar-refractivity contribution is -0.139. The number of rotatable bonds is 4. The summed E-state index contributed by atoms with van der Waals surface area (Å²) < 4.78 is 10.5. The van der Waals surface area contributed by atoms with Gasteiger partial charge in [-0.1, -0.05) is 30.3 Å². The smallest absolute Gasteiger partial charge is 0.355 e. The third-order valence-electron chi connectivity index (χ3n) is 4.94. The molecule has 160 valence electrons. The van der Waals surface area contributed by atoms with E-state index in [2.05, 4.69) is 22.0 Å². The Balaban J connectivity index is 2.43. The number of carbonyl (C=O) groups excluding carboxylic acids is 2. The summed E-state index contributed by atoms with van der Waals surface area (Å²) in [6.07, 6.45) is 0. The van der Waals surface area contributed by atoms with E-state index in [9.17, 15) is 20.1 Å². The molecule has 1 aliphatic rings. The molecule has 0 radical (unpaired) electrons. The normalized spacial score (nSPS) is 15.7. The van der Waals surface area contributed by atoms with Gasteiger partial charge in [0, 0.05) is 10.2 Å². The summed E-state index contributed by atoms with van der Waals surface area (Å²) in [6, 6.07) is 17.5. The van der Waals surface area contributed by atoms with Crippen molar-refractivity contribution in [3.63, 3.8) is 0 Å². The molecular formula is C23H17BrN4O4. The summed E-state index contributed by atoms with van der Waals surface area (Å²) in [5, 5.41) is 19.4. The van der Waals surface area contributed by atoms with Gasteiger partial charge in [-0.2, -0.15) is 10.5 Å². The van der Waals surface area contributed by atoms with Crippen LogP contribution in [0.2, 0.25) is 0 Å². The highest BCUT2D eigenvalue weighted by molar-refractivity contribution is 9.10. The van der Waals surface area contributed by atoms with Crippen LogP contribution in [-0.2, 0) is 19.1 Å². The molecule has 0 aliphatic carbocycles. The Hall–Kier alpha value is -4.08. The maximum Gasteiger partial charge on any atom is 0.355 e. The lowest BCUT2D eigenvalue weighted by Gasteiger charge is -2.36. The number of benzene rings is 2. The number of hydrogen-bond acceptors (Lipinski definition) is 8. The second-order valence-electron chi connectivity index (χ2n) is 6.61. The molecule has 2 aromatic rings. The average molecular weight is 493 g/mol. The first-order valence-corrected chi connectivity index (χ1v) is 10.0. The quantitative estimate of drug-likeness (QED) is 0.643. The van der Waals surface area contributed by atoms with Gasteiger partial charge in [-0.25, -0.2) is 9.59 Å². The van der Waals surface area contributed by atoms with Crippen LogP contribution in [0, 0.1) is 22.7 Å². The van der Waals surface area contributed by atoms with Gasteiger partial charge >= 0.3 is 11.9 Å². The number of methoxy groups -OCH3 is 2. The summed E-state index contributed by atoms with van der Waals surface area (Å²) in [4.78, 5) is 27.2. The number of ether oxygens (including phenoxy) is 2. The number of halogens is 1. The van der Waals surface area contributed by atoms with Gasteiger partial charge in [0.2, 0.25) is 0 Å². The van der Waals surface area contributed by atoms with E-state index in [4.69, 9.17) is 15.2 Å². The van der Waals surface area contributed by atoms with E-state index in [1.807, 2.05) is 6.07 Å². The molecule has 0 saturated heterocycles. The zero-order valence-electron chi connectivity index (χ0n) is 17.1. The van der Waals surface area contributed by atoms with Gasteiger partial charge < -0.3 is 15.2 Å². The summed E-state index contributed by atoms with van der Waals surface area (Å²) in [5.41, 5.74) is 7.29. The first-order valence-electron chi connectivity index (χ1n) is 9.24.